The van der Waals surface area contributed by atoms with Crippen LogP contribution in [0.3, 0.4) is 0 Å². The molecular formula is C48H53F2N9O6. The third kappa shape index (κ3) is 10.3. The smallest absolute Gasteiger partial charge is 0.264 e. The van der Waals surface area contributed by atoms with Gasteiger partial charge in [-0.1, -0.05) is 37.5 Å². The Bertz CT molecular complexity index is 2510. The standard InChI is InChI=1S/C48H53F2N9O6/c49-36-24-30(25-37(50)35(36)29-57-20-22-65-23-21-57)33-8-6-11-39-45(33)55-40(28-54-39)31(26-51)27-53-32-15-18-58(19-16-32)43(61)12-4-2-1-3-5-17-52-38-10-7-9-34-44(38)48(64)59(47(34)63)41-13-14-42(60)56-46(41)62/h6-11,24-28,32,41,52H,1-5,12-23,29,51H2,(H,56,60,62). The molecule has 17 heteroatoms. The number of carbonyl (C=O) groups is 5. The zero-order valence-electron chi connectivity index (χ0n) is 36.2. The number of allylic oxidation sites excluding steroid dienone is 1. The molecule has 1 atom stereocenters. The third-order valence-electron chi connectivity index (χ3n) is 12.6. The van der Waals surface area contributed by atoms with Crippen LogP contribution < -0.4 is 16.4 Å². The molecule has 15 nitrogen and oxygen atoms in total. The van der Waals surface area contributed by atoms with Gasteiger partial charge in [0, 0.05) is 86.9 Å². The van der Waals surface area contributed by atoms with Crippen molar-refractivity contribution in [2.45, 2.75) is 82.8 Å². The van der Waals surface area contributed by atoms with Crippen molar-refractivity contribution in [3.8, 4) is 11.1 Å². The second kappa shape index (κ2) is 20.6. The Labute approximate surface area is 375 Å². The van der Waals surface area contributed by atoms with E-state index >= 15 is 8.78 Å². The first-order valence-corrected chi connectivity index (χ1v) is 22.5. The molecule has 4 aliphatic rings. The predicted molar refractivity (Wildman–Crippen MR) is 241 cm³/mol. The number of aliphatic imine (C=N–C) groups is 1. The van der Waals surface area contributed by atoms with Crippen LogP contribution in [0.25, 0.3) is 27.7 Å². The maximum Gasteiger partial charge on any atom is 0.264 e. The van der Waals surface area contributed by atoms with Crippen LogP contribution in [0.4, 0.5) is 14.5 Å². The molecule has 3 fully saturated rings. The van der Waals surface area contributed by atoms with Crippen molar-refractivity contribution < 1.29 is 37.5 Å². The van der Waals surface area contributed by atoms with Crippen LogP contribution >= 0.6 is 0 Å². The maximum absolute atomic E-state index is 15.4. The summed E-state index contributed by atoms with van der Waals surface area (Å²) in [7, 11) is 0. The monoisotopic (exact) mass is 889 g/mol. The van der Waals surface area contributed by atoms with E-state index in [2.05, 4.69) is 15.6 Å². The van der Waals surface area contributed by atoms with Crippen molar-refractivity contribution in [3.63, 3.8) is 0 Å². The van der Waals surface area contributed by atoms with E-state index in [0.29, 0.717) is 104 Å². The van der Waals surface area contributed by atoms with E-state index in [0.717, 1.165) is 37.0 Å². The summed E-state index contributed by atoms with van der Waals surface area (Å²) in [6.45, 7) is 4.26. The lowest BCUT2D eigenvalue weighted by Gasteiger charge is -2.30. The molecule has 3 saturated heterocycles. The molecule has 3 aromatic carbocycles. The minimum Gasteiger partial charge on any atom is -0.404 e. The number of fused-ring (bicyclic) bond motifs is 2. The van der Waals surface area contributed by atoms with E-state index in [9.17, 15) is 24.0 Å². The molecule has 1 unspecified atom stereocenters. The van der Waals surface area contributed by atoms with Gasteiger partial charge < -0.3 is 20.7 Å². The number of piperidine rings is 2. The van der Waals surface area contributed by atoms with E-state index in [-0.39, 0.29) is 48.0 Å². The number of likely N-dealkylation sites (tertiary alicyclic amines) is 1. The van der Waals surface area contributed by atoms with Crippen molar-refractivity contribution in [1.82, 2.24) is 30.0 Å². The summed E-state index contributed by atoms with van der Waals surface area (Å²) in [4.78, 5) is 82.6. The van der Waals surface area contributed by atoms with Crippen molar-refractivity contribution in [1.29, 1.82) is 0 Å². The van der Waals surface area contributed by atoms with Gasteiger partial charge >= 0.3 is 0 Å². The zero-order valence-corrected chi connectivity index (χ0v) is 36.2. The van der Waals surface area contributed by atoms with Crippen molar-refractivity contribution in [2.75, 3.05) is 51.3 Å². The highest BCUT2D eigenvalue weighted by Crippen LogP contribution is 2.33. The first kappa shape index (κ1) is 45.1. The number of carbonyl (C=O) groups excluding carboxylic acids is 5. The molecule has 5 heterocycles. The van der Waals surface area contributed by atoms with Crippen molar-refractivity contribution in [2.24, 2.45) is 10.7 Å². The van der Waals surface area contributed by atoms with Crippen molar-refractivity contribution >= 4 is 58.0 Å². The molecule has 0 radical (unpaired) electrons. The van der Waals surface area contributed by atoms with E-state index in [1.165, 1.54) is 18.3 Å². The lowest BCUT2D eigenvalue weighted by Crippen LogP contribution is -2.54. The quantitative estimate of drug-likeness (QED) is 0.0719. The number of hydrogen-bond donors (Lipinski definition) is 3. The summed E-state index contributed by atoms with van der Waals surface area (Å²) in [6, 6.07) is 12.0. The highest BCUT2D eigenvalue weighted by Gasteiger charge is 2.45. The summed E-state index contributed by atoms with van der Waals surface area (Å²) in [5, 5.41) is 5.50. The van der Waals surface area contributed by atoms with E-state index < -0.39 is 41.3 Å². The fourth-order valence-corrected chi connectivity index (χ4v) is 8.92. The SMILES string of the molecule is NC=C(C=NC1CCN(C(=O)CCCCCCCNc2cccc3c2C(=O)N(C2CCC(=O)NC2=O)C3=O)CC1)c1cnc2cccc(-c3cc(F)c(CN4CCOCC4)c(F)c3)c2n1. The predicted octanol–water partition coefficient (Wildman–Crippen LogP) is 5.62. The zero-order chi connectivity index (χ0) is 45.5. The average molecular weight is 890 g/mol. The number of para-hydroxylation sites is 1. The van der Waals surface area contributed by atoms with Gasteiger partial charge in [0.2, 0.25) is 17.7 Å². The number of benzene rings is 3. The van der Waals surface area contributed by atoms with Gasteiger partial charge in [0.15, 0.2) is 0 Å². The molecule has 1 aromatic heterocycles. The second-order valence-corrected chi connectivity index (χ2v) is 16.9. The fraction of sp³-hybridized carbons (Fsp3) is 0.417. The Morgan fingerprint density at radius 1 is 0.908 bits per heavy atom. The number of nitrogens with two attached hydrogens (primary N) is 1. The Morgan fingerprint density at radius 2 is 1.63 bits per heavy atom. The van der Waals surface area contributed by atoms with Crippen LogP contribution in [-0.2, 0) is 25.7 Å². The summed E-state index contributed by atoms with van der Waals surface area (Å²) < 4.78 is 36.1. The molecule has 4 N–H and O–H groups in total. The highest BCUT2D eigenvalue weighted by atomic mass is 19.1. The van der Waals surface area contributed by atoms with Crippen LogP contribution in [-0.4, -0.2) is 118 Å². The number of imide groups is 2. The Kier molecular flexibility index (Phi) is 14.3. The van der Waals surface area contributed by atoms with Gasteiger partial charge in [0.05, 0.1) is 53.3 Å². The summed E-state index contributed by atoms with van der Waals surface area (Å²) in [6.07, 6.45) is 11.1. The molecule has 0 aliphatic carbocycles. The first-order chi connectivity index (χ1) is 31.6. The van der Waals surface area contributed by atoms with Gasteiger partial charge in [0.25, 0.3) is 11.8 Å². The Morgan fingerprint density at radius 3 is 2.38 bits per heavy atom. The molecule has 5 amide bonds. The van der Waals surface area contributed by atoms with Crippen LogP contribution in [0.1, 0.15) is 96.2 Å². The summed E-state index contributed by atoms with van der Waals surface area (Å²) in [5.41, 5.74) is 10.1. The molecule has 340 valence electrons. The number of unbranched alkanes of at least 4 members (excludes halogenated alkanes) is 4. The van der Waals surface area contributed by atoms with Gasteiger partial charge in [-0.25, -0.2) is 13.8 Å². The summed E-state index contributed by atoms with van der Waals surface area (Å²) in [5.74, 6) is -3.23. The number of hydrogen-bond acceptors (Lipinski definition) is 12. The fourth-order valence-electron chi connectivity index (χ4n) is 8.92. The second-order valence-electron chi connectivity index (χ2n) is 16.9. The molecule has 4 aromatic rings. The number of nitrogens with one attached hydrogen (secondary N) is 2. The molecule has 0 bridgehead atoms. The van der Waals surface area contributed by atoms with Gasteiger partial charge in [0.1, 0.15) is 17.7 Å². The molecule has 8 rings (SSSR count). The van der Waals surface area contributed by atoms with Gasteiger partial charge in [-0.05, 0) is 68.0 Å². The number of rotatable bonds is 16. The average Bonchev–Trinajstić information content (AvgIpc) is 3.57. The summed E-state index contributed by atoms with van der Waals surface area (Å²) >= 11 is 0. The van der Waals surface area contributed by atoms with E-state index in [4.69, 9.17) is 20.4 Å². The Hall–Kier alpha value is -6.46. The van der Waals surface area contributed by atoms with Crippen LogP contribution in [0.15, 0.2) is 65.9 Å². The highest BCUT2D eigenvalue weighted by molar-refractivity contribution is 6.25. The van der Waals surface area contributed by atoms with Gasteiger partial charge in [-0.3, -0.25) is 49.1 Å². The van der Waals surface area contributed by atoms with Gasteiger partial charge in [-0.2, -0.15) is 0 Å². The lowest BCUT2D eigenvalue weighted by molar-refractivity contribution is -0.136. The number of amides is 5. The number of ether oxygens (including phenoxy) is 1. The molecular weight excluding hydrogens is 837 g/mol. The molecule has 65 heavy (non-hydrogen) atoms. The van der Waals surface area contributed by atoms with Crippen LogP contribution in [0.2, 0.25) is 0 Å². The van der Waals surface area contributed by atoms with Crippen LogP contribution in [0, 0.1) is 11.6 Å². The largest absolute Gasteiger partial charge is 0.404 e. The number of aromatic nitrogens is 2. The third-order valence-corrected chi connectivity index (χ3v) is 12.6. The van der Waals surface area contributed by atoms with Gasteiger partial charge in [-0.15, -0.1) is 0 Å². The number of nitrogens with zero attached hydrogens (tertiary/aromatic N) is 6. The molecule has 0 saturated carbocycles. The van der Waals surface area contributed by atoms with E-state index in [1.807, 2.05) is 9.80 Å². The number of morpholine rings is 1. The normalized spacial score (nSPS) is 18.8. The number of halogens is 2. The molecule has 0 spiro atoms. The van der Waals surface area contributed by atoms with Crippen LogP contribution in [0.5, 0.6) is 0 Å². The minimum atomic E-state index is -1.01. The Balaban J connectivity index is 0.763. The number of anilines is 1. The minimum absolute atomic E-state index is 0.00617. The maximum atomic E-state index is 15.4. The first-order valence-electron chi connectivity index (χ1n) is 22.5. The topological polar surface area (TPSA) is 193 Å². The molecule has 4 aliphatic heterocycles. The lowest BCUT2D eigenvalue weighted by atomic mass is 10.0. The van der Waals surface area contributed by atoms with Crippen molar-refractivity contribution in [3.05, 3.63) is 94.9 Å². The van der Waals surface area contributed by atoms with E-state index in [1.54, 1.807) is 48.8 Å².